The maximum absolute atomic E-state index is 11.2. The fourth-order valence-corrected chi connectivity index (χ4v) is 6.99. The highest BCUT2D eigenvalue weighted by atomic mass is 16.3. The van der Waals surface area contributed by atoms with E-state index in [-0.39, 0.29) is 11.0 Å². The number of hydrogen-bond acceptors (Lipinski definition) is 2. The molecule has 0 aromatic heterocycles. The first-order chi connectivity index (χ1) is 11.5. The summed E-state index contributed by atoms with van der Waals surface area (Å²) in [7, 11) is 0. The second-order valence-corrected chi connectivity index (χ2v) is 8.85. The first-order valence-electron chi connectivity index (χ1n) is 10.1. The molecule has 0 heterocycles. The van der Waals surface area contributed by atoms with Crippen LogP contribution in [-0.4, -0.2) is 16.6 Å². The van der Waals surface area contributed by atoms with Crippen LogP contribution in [0.25, 0.3) is 0 Å². The first-order valence-corrected chi connectivity index (χ1v) is 10.1. The summed E-state index contributed by atoms with van der Waals surface area (Å²) in [6, 6.07) is 0. The number of fused-ring (bicyclic) bond motifs is 5. The Hall–Kier alpha value is -0.850. The van der Waals surface area contributed by atoms with Crippen LogP contribution in [0.4, 0.5) is 0 Å². The molecular formula is C22H35NO. The van der Waals surface area contributed by atoms with Gasteiger partial charge in [0.05, 0.1) is 5.60 Å². The van der Waals surface area contributed by atoms with Gasteiger partial charge in [-0.2, -0.15) is 0 Å². The molecule has 0 saturated heterocycles. The summed E-state index contributed by atoms with van der Waals surface area (Å²) in [5, 5.41) is 17.0. The van der Waals surface area contributed by atoms with Crippen molar-refractivity contribution < 1.29 is 5.11 Å². The molecule has 134 valence electrons. The van der Waals surface area contributed by atoms with Gasteiger partial charge in [-0.05, 0) is 106 Å². The lowest BCUT2D eigenvalue weighted by Gasteiger charge is -2.55. The molecule has 0 spiro atoms. The van der Waals surface area contributed by atoms with Gasteiger partial charge in [0.15, 0.2) is 0 Å². The third-order valence-corrected chi connectivity index (χ3v) is 8.28. The Morgan fingerprint density at radius 3 is 2.71 bits per heavy atom. The number of allylic oxidation sites excluding steroid dienone is 2. The van der Waals surface area contributed by atoms with Crippen molar-refractivity contribution in [1.29, 1.82) is 5.41 Å². The van der Waals surface area contributed by atoms with Crippen molar-refractivity contribution in [3.8, 4) is 0 Å². The molecule has 4 rings (SSSR count). The van der Waals surface area contributed by atoms with E-state index in [1.807, 2.05) is 5.57 Å². The van der Waals surface area contributed by atoms with E-state index < -0.39 is 0 Å². The van der Waals surface area contributed by atoms with Gasteiger partial charge < -0.3 is 5.11 Å². The van der Waals surface area contributed by atoms with Crippen molar-refractivity contribution in [2.24, 2.45) is 29.1 Å². The molecule has 0 amide bonds. The lowest BCUT2D eigenvalue weighted by Crippen LogP contribution is -2.52. The number of aliphatic hydroxyl groups is 1. The van der Waals surface area contributed by atoms with Gasteiger partial charge in [-0.25, -0.2) is 0 Å². The topological polar surface area (TPSA) is 44.1 Å². The minimum absolute atomic E-state index is 0.207. The fraction of sp³-hybridized carbons (Fsp3) is 0.818. The van der Waals surface area contributed by atoms with Crippen molar-refractivity contribution in [3.05, 3.63) is 18.2 Å². The van der Waals surface area contributed by atoms with Gasteiger partial charge in [0, 0.05) is 0 Å². The molecule has 2 N–H and O–H groups in total. The van der Waals surface area contributed by atoms with Crippen LogP contribution < -0.4 is 0 Å². The number of rotatable bonds is 1. The van der Waals surface area contributed by atoms with Crippen LogP contribution in [0, 0.1) is 34.5 Å². The smallest absolute Gasteiger partial charge is 0.0701 e. The van der Waals surface area contributed by atoms with Crippen LogP contribution >= 0.6 is 0 Å². The molecule has 6 atom stereocenters. The normalized spacial score (nSPS) is 46.4. The molecule has 4 aliphatic rings. The minimum atomic E-state index is -0.370. The predicted molar refractivity (Wildman–Crippen MR) is 100 cm³/mol. The van der Waals surface area contributed by atoms with Gasteiger partial charge in [-0.15, -0.1) is 0 Å². The van der Waals surface area contributed by atoms with E-state index in [2.05, 4.69) is 26.5 Å². The highest BCUT2D eigenvalue weighted by Crippen LogP contribution is 2.65. The van der Waals surface area contributed by atoms with E-state index in [0.717, 1.165) is 36.5 Å². The molecule has 2 heteroatoms. The number of hydrogen-bond donors (Lipinski definition) is 2. The third-order valence-electron chi connectivity index (χ3n) is 8.28. The van der Waals surface area contributed by atoms with Crippen LogP contribution in [0.1, 0.15) is 78.1 Å². The highest BCUT2D eigenvalue weighted by Gasteiger charge is 2.61. The molecule has 0 radical (unpaired) electrons. The predicted octanol–water partition coefficient (Wildman–Crippen LogP) is 5.51. The van der Waals surface area contributed by atoms with Gasteiger partial charge in [0.1, 0.15) is 0 Å². The van der Waals surface area contributed by atoms with E-state index in [9.17, 15) is 5.11 Å². The Morgan fingerprint density at radius 1 is 1.25 bits per heavy atom. The molecule has 4 aliphatic carbocycles. The van der Waals surface area contributed by atoms with Crippen molar-refractivity contribution in [3.63, 3.8) is 0 Å². The van der Waals surface area contributed by atoms with E-state index in [0.29, 0.717) is 0 Å². The van der Waals surface area contributed by atoms with Crippen LogP contribution in [0.2, 0.25) is 0 Å². The Labute approximate surface area is 147 Å². The van der Waals surface area contributed by atoms with Crippen molar-refractivity contribution in [1.82, 2.24) is 0 Å². The standard InChI is InChI=1S/C20H32O.C2H3N/c1-3-20(21)13-11-18-17-9-8-14-6-4-5-7-15(14)16(17)10-12-19(18,20)2;1-2-3/h6,15-18,21H,3-5,7-13H2,1-2H3;3H,1H2/t15-,16+,17+,18-,19-,20-;/m0./s1. The lowest BCUT2D eigenvalue weighted by atomic mass is 9.50. The van der Waals surface area contributed by atoms with Crippen molar-refractivity contribution in [2.45, 2.75) is 83.7 Å². The highest BCUT2D eigenvalue weighted by molar-refractivity contribution is 5.41. The van der Waals surface area contributed by atoms with E-state index in [1.54, 1.807) is 5.87 Å². The Bertz CT molecular complexity index is 532. The molecule has 3 fully saturated rings. The molecule has 3 saturated carbocycles. The third kappa shape index (κ3) is 2.63. The summed E-state index contributed by atoms with van der Waals surface area (Å²) in [6.07, 6.45) is 15.5. The van der Waals surface area contributed by atoms with Gasteiger partial charge >= 0.3 is 0 Å². The van der Waals surface area contributed by atoms with E-state index in [4.69, 9.17) is 5.41 Å². The lowest BCUT2D eigenvalue weighted by molar-refractivity contribution is -0.119. The second-order valence-electron chi connectivity index (χ2n) is 8.85. The molecule has 2 nitrogen and oxygen atoms in total. The van der Waals surface area contributed by atoms with Gasteiger partial charge in [-0.3, -0.25) is 5.41 Å². The zero-order valence-electron chi connectivity index (χ0n) is 15.6. The molecular weight excluding hydrogens is 294 g/mol. The first kappa shape index (κ1) is 18.0. The molecule has 24 heavy (non-hydrogen) atoms. The zero-order chi connectivity index (χ0) is 17.4. The van der Waals surface area contributed by atoms with Crippen LogP contribution in [0.15, 0.2) is 18.2 Å². The fourth-order valence-electron chi connectivity index (χ4n) is 6.99. The molecule has 0 aliphatic heterocycles. The SMILES string of the molecule is C=C=N.CC[C@]1(O)CC[C@H]2[C@@H]3CCC4=CCCC[C@@H]4[C@H]3CC[C@@]21C. The summed E-state index contributed by atoms with van der Waals surface area (Å²) >= 11 is 0. The van der Waals surface area contributed by atoms with E-state index >= 15 is 0 Å². The molecule has 0 aromatic carbocycles. The maximum atomic E-state index is 11.2. The summed E-state index contributed by atoms with van der Waals surface area (Å²) in [5.74, 6) is 5.31. The average Bonchev–Trinajstić information content (AvgIpc) is 2.87. The van der Waals surface area contributed by atoms with Crippen LogP contribution in [0.5, 0.6) is 0 Å². The average molecular weight is 330 g/mol. The minimum Gasteiger partial charge on any atom is -0.389 e. The summed E-state index contributed by atoms with van der Waals surface area (Å²) in [5.41, 5.74) is 1.65. The van der Waals surface area contributed by atoms with Crippen LogP contribution in [0.3, 0.4) is 0 Å². The summed E-state index contributed by atoms with van der Waals surface area (Å²) in [6.45, 7) is 7.53. The molecule has 0 aromatic rings. The largest absolute Gasteiger partial charge is 0.389 e. The van der Waals surface area contributed by atoms with Crippen molar-refractivity contribution >= 4 is 5.87 Å². The van der Waals surface area contributed by atoms with Crippen LogP contribution in [-0.2, 0) is 0 Å². The zero-order valence-corrected chi connectivity index (χ0v) is 15.6. The second kappa shape index (κ2) is 6.81. The van der Waals surface area contributed by atoms with E-state index in [1.165, 1.54) is 51.4 Å². The Kier molecular flexibility index (Phi) is 5.09. The quantitative estimate of drug-likeness (QED) is 0.483. The Balaban J connectivity index is 0.000000526. The summed E-state index contributed by atoms with van der Waals surface area (Å²) in [4.78, 5) is 0. The monoisotopic (exact) mass is 329 g/mol. The molecule has 0 unspecified atom stereocenters. The van der Waals surface area contributed by atoms with Crippen molar-refractivity contribution in [2.75, 3.05) is 0 Å². The maximum Gasteiger partial charge on any atom is 0.0701 e. The van der Waals surface area contributed by atoms with Gasteiger partial charge in [-0.1, -0.05) is 25.5 Å². The summed E-state index contributed by atoms with van der Waals surface area (Å²) < 4.78 is 0. The number of nitrogens with one attached hydrogen (secondary N) is 1. The Morgan fingerprint density at radius 2 is 2.00 bits per heavy atom. The molecule has 0 bridgehead atoms. The van der Waals surface area contributed by atoms with Gasteiger partial charge in [0.2, 0.25) is 0 Å². The van der Waals surface area contributed by atoms with Gasteiger partial charge in [0.25, 0.3) is 0 Å².